The summed E-state index contributed by atoms with van der Waals surface area (Å²) < 4.78 is 13.9. The molecule has 102 valence electrons. The van der Waals surface area contributed by atoms with Crippen LogP contribution in [0.2, 0.25) is 5.02 Å². The summed E-state index contributed by atoms with van der Waals surface area (Å²) in [5, 5.41) is 25.0. The molecule has 2 aromatic rings. The Labute approximate surface area is 126 Å². The van der Waals surface area contributed by atoms with Gasteiger partial charge in [0.15, 0.2) is 0 Å². The third-order valence-electron chi connectivity index (χ3n) is 2.47. The van der Waals surface area contributed by atoms with Crippen molar-refractivity contribution in [1.29, 1.82) is 5.26 Å². The first kappa shape index (κ1) is 14.4. The topological polar surface area (TPSA) is 90.3 Å². The Hall–Kier alpha value is -1.98. The lowest BCUT2D eigenvalue weighted by Gasteiger charge is -2.10. The van der Waals surface area contributed by atoms with Gasteiger partial charge in [-0.1, -0.05) is 11.6 Å². The zero-order chi connectivity index (χ0) is 14.7. The average molecular weight is 358 g/mol. The van der Waals surface area contributed by atoms with Gasteiger partial charge in [0, 0.05) is 16.2 Å². The SMILES string of the molecule is Cc1c(F)cc(Cl)c(NC=C(C#N)c2nn[nH]n2)c1Br. The maximum absolute atomic E-state index is 13.5. The van der Waals surface area contributed by atoms with Crippen molar-refractivity contribution in [2.24, 2.45) is 0 Å². The van der Waals surface area contributed by atoms with Crippen LogP contribution in [0.4, 0.5) is 10.1 Å². The minimum atomic E-state index is -0.421. The molecule has 0 aliphatic heterocycles. The molecule has 0 spiro atoms. The van der Waals surface area contributed by atoms with Crippen LogP contribution in [-0.4, -0.2) is 20.6 Å². The van der Waals surface area contributed by atoms with E-state index < -0.39 is 5.82 Å². The van der Waals surface area contributed by atoms with E-state index >= 15 is 0 Å². The Morgan fingerprint density at radius 1 is 1.65 bits per heavy atom. The van der Waals surface area contributed by atoms with Crippen LogP contribution < -0.4 is 5.32 Å². The van der Waals surface area contributed by atoms with Crippen LogP contribution in [0.25, 0.3) is 5.57 Å². The number of H-pyrrole nitrogens is 1. The molecule has 0 aliphatic rings. The van der Waals surface area contributed by atoms with E-state index in [1.807, 2.05) is 6.07 Å². The molecule has 1 aromatic heterocycles. The van der Waals surface area contributed by atoms with Gasteiger partial charge in [0.05, 0.1) is 10.7 Å². The zero-order valence-corrected chi connectivity index (χ0v) is 12.4. The third-order valence-corrected chi connectivity index (χ3v) is 3.76. The number of hydrogen-bond donors (Lipinski definition) is 2. The third kappa shape index (κ3) is 2.79. The fourth-order valence-electron chi connectivity index (χ4n) is 1.39. The van der Waals surface area contributed by atoms with Gasteiger partial charge in [-0.15, -0.1) is 10.2 Å². The van der Waals surface area contributed by atoms with Gasteiger partial charge in [-0.2, -0.15) is 10.5 Å². The number of tetrazole rings is 1. The molecular formula is C11H7BrClFN6. The minimum Gasteiger partial charge on any atom is -0.358 e. The van der Waals surface area contributed by atoms with Crippen molar-refractivity contribution in [3.8, 4) is 6.07 Å². The lowest BCUT2D eigenvalue weighted by Crippen LogP contribution is -1.97. The second-order valence-electron chi connectivity index (χ2n) is 3.70. The molecule has 0 atom stereocenters. The Kier molecular flexibility index (Phi) is 4.32. The van der Waals surface area contributed by atoms with Gasteiger partial charge in [-0.3, -0.25) is 0 Å². The second-order valence-corrected chi connectivity index (χ2v) is 4.90. The number of aromatic amines is 1. The van der Waals surface area contributed by atoms with Crippen molar-refractivity contribution < 1.29 is 4.39 Å². The predicted molar refractivity (Wildman–Crippen MR) is 75.2 cm³/mol. The van der Waals surface area contributed by atoms with Crippen molar-refractivity contribution >= 4 is 38.8 Å². The molecule has 2 rings (SSSR count). The summed E-state index contributed by atoms with van der Waals surface area (Å²) >= 11 is 9.22. The number of anilines is 1. The molecule has 0 bridgehead atoms. The fraction of sp³-hybridized carbons (Fsp3) is 0.0909. The molecule has 1 heterocycles. The maximum Gasteiger partial charge on any atom is 0.216 e. The Morgan fingerprint density at radius 2 is 2.40 bits per heavy atom. The second kappa shape index (κ2) is 5.98. The van der Waals surface area contributed by atoms with E-state index in [-0.39, 0.29) is 16.4 Å². The number of aromatic nitrogens is 4. The van der Waals surface area contributed by atoms with Gasteiger partial charge in [0.25, 0.3) is 0 Å². The van der Waals surface area contributed by atoms with Crippen molar-refractivity contribution in [1.82, 2.24) is 20.6 Å². The summed E-state index contributed by atoms with van der Waals surface area (Å²) in [7, 11) is 0. The summed E-state index contributed by atoms with van der Waals surface area (Å²) in [6.07, 6.45) is 1.37. The van der Waals surface area contributed by atoms with E-state index in [1.54, 1.807) is 6.92 Å². The summed E-state index contributed by atoms with van der Waals surface area (Å²) in [4.78, 5) is 0. The molecule has 6 nitrogen and oxygen atoms in total. The molecule has 0 radical (unpaired) electrons. The average Bonchev–Trinajstić information content (AvgIpc) is 2.94. The normalized spacial score (nSPS) is 11.2. The molecule has 0 saturated carbocycles. The smallest absolute Gasteiger partial charge is 0.216 e. The Bertz CT molecular complexity index is 707. The lowest BCUT2D eigenvalue weighted by atomic mass is 10.2. The molecule has 0 aliphatic carbocycles. The Morgan fingerprint density at radius 3 is 3.00 bits per heavy atom. The van der Waals surface area contributed by atoms with Gasteiger partial charge in [-0.25, -0.2) is 4.39 Å². The molecule has 20 heavy (non-hydrogen) atoms. The number of rotatable bonds is 3. The first-order chi connectivity index (χ1) is 9.54. The van der Waals surface area contributed by atoms with Gasteiger partial charge < -0.3 is 5.32 Å². The van der Waals surface area contributed by atoms with Crippen molar-refractivity contribution in [3.05, 3.63) is 39.0 Å². The van der Waals surface area contributed by atoms with Crippen molar-refractivity contribution in [2.75, 3.05) is 5.32 Å². The quantitative estimate of drug-likeness (QED) is 0.824. The van der Waals surface area contributed by atoms with Gasteiger partial charge in [0.1, 0.15) is 17.5 Å². The van der Waals surface area contributed by atoms with Gasteiger partial charge >= 0.3 is 0 Å². The van der Waals surface area contributed by atoms with Crippen LogP contribution in [0.3, 0.4) is 0 Å². The standard InChI is InChI=1S/C11H7BrClFN6/c1-5-8(14)2-7(13)10(9(5)12)16-4-6(3-15)11-17-19-20-18-11/h2,4,16H,1H3,(H,17,18,19,20). The molecule has 0 amide bonds. The van der Waals surface area contributed by atoms with Crippen molar-refractivity contribution in [2.45, 2.75) is 6.92 Å². The van der Waals surface area contributed by atoms with Gasteiger partial charge in [0.2, 0.25) is 5.82 Å². The molecular weight excluding hydrogens is 351 g/mol. The lowest BCUT2D eigenvalue weighted by molar-refractivity contribution is 0.617. The number of nitrogens with one attached hydrogen (secondary N) is 2. The van der Waals surface area contributed by atoms with E-state index in [0.717, 1.165) is 0 Å². The highest BCUT2D eigenvalue weighted by atomic mass is 79.9. The molecule has 1 aromatic carbocycles. The summed E-state index contributed by atoms with van der Waals surface area (Å²) in [5.41, 5.74) is 1.01. The number of allylic oxidation sites excluding steroid dienone is 1. The van der Waals surface area contributed by atoms with E-state index in [0.29, 0.717) is 15.7 Å². The maximum atomic E-state index is 13.5. The minimum absolute atomic E-state index is 0.145. The highest BCUT2D eigenvalue weighted by molar-refractivity contribution is 9.10. The fourth-order valence-corrected chi connectivity index (χ4v) is 2.26. The monoisotopic (exact) mass is 356 g/mol. The number of benzene rings is 1. The number of nitriles is 1. The van der Waals surface area contributed by atoms with Crippen LogP contribution in [-0.2, 0) is 0 Å². The van der Waals surface area contributed by atoms with Crippen LogP contribution in [0.5, 0.6) is 0 Å². The molecule has 0 fully saturated rings. The number of nitrogens with zero attached hydrogens (tertiary/aromatic N) is 4. The molecule has 2 N–H and O–H groups in total. The van der Waals surface area contributed by atoms with E-state index in [9.17, 15) is 4.39 Å². The first-order valence-electron chi connectivity index (χ1n) is 5.29. The van der Waals surface area contributed by atoms with Crippen LogP contribution in [0.15, 0.2) is 16.7 Å². The van der Waals surface area contributed by atoms with Crippen LogP contribution in [0, 0.1) is 24.1 Å². The highest BCUT2D eigenvalue weighted by Gasteiger charge is 2.13. The highest BCUT2D eigenvalue weighted by Crippen LogP contribution is 2.35. The molecule has 9 heteroatoms. The van der Waals surface area contributed by atoms with E-state index in [2.05, 4.69) is 41.9 Å². The predicted octanol–water partition coefficient (Wildman–Crippen LogP) is 3.04. The number of hydrogen-bond acceptors (Lipinski definition) is 5. The molecule has 0 saturated heterocycles. The summed E-state index contributed by atoms with van der Waals surface area (Å²) in [6, 6.07) is 3.11. The van der Waals surface area contributed by atoms with Crippen molar-refractivity contribution in [3.63, 3.8) is 0 Å². The van der Waals surface area contributed by atoms with Gasteiger partial charge in [-0.05, 0) is 34.1 Å². The van der Waals surface area contributed by atoms with E-state index in [1.165, 1.54) is 12.3 Å². The summed E-state index contributed by atoms with van der Waals surface area (Å²) in [5.74, 6) is -0.277. The van der Waals surface area contributed by atoms with Crippen LogP contribution in [0.1, 0.15) is 11.4 Å². The summed E-state index contributed by atoms with van der Waals surface area (Å²) in [6.45, 7) is 1.61. The number of halogens is 3. The van der Waals surface area contributed by atoms with Crippen LogP contribution >= 0.6 is 27.5 Å². The Balaban J connectivity index is 2.36. The molecule has 0 unspecified atom stereocenters. The van der Waals surface area contributed by atoms with E-state index in [4.69, 9.17) is 16.9 Å². The zero-order valence-electron chi connectivity index (χ0n) is 10.1. The first-order valence-corrected chi connectivity index (χ1v) is 6.46. The largest absolute Gasteiger partial charge is 0.358 e.